The number of hydrogen-bond acceptors (Lipinski definition) is 2. The zero-order chi connectivity index (χ0) is 13.7. The first-order chi connectivity index (χ1) is 9.13. The monoisotopic (exact) mass is 261 g/mol. The highest BCUT2D eigenvalue weighted by Gasteiger charge is 2.20. The van der Waals surface area contributed by atoms with Crippen LogP contribution in [0.25, 0.3) is 0 Å². The summed E-state index contributed by atoms with van der Waals surface area (Å²) >= 11 is 0. The van der Waals surface area contributed by atoms with Gasteiger partial charge < -0.3 is 5.11 Å². The van der Waals surface area contributed by atoms with Gasteiger partial charge in [0.25, 0.3) is 0 Å². The Morgan fingerprint density at radius 3 is 2.47 bits per heavy atom. The van der Waals surface area contributed by atoms with Crippen molar-refractivity contribution < 1.29 is 9.90 Å². The minimum Gasteiger partial charge on any atom is -0.480 e. The Labute approximate surface area is 115 Å². The van der Waals surface area contributed by atoms with Gasteiger partial charge in [0.15, 0.2) is 0 Å². The maximum atomic E-state index is 10.6. The molecule has 2 rings (SSSR count). The van der Waals surface area contributed by atoms with Crippen LogP contribution in [-0.2, 0) is 11.2 Å². The third-order valence-corrected chi connectivity index (χ3v) is 4.03. The second-order valence-electron chi connectivity index (χ2n) is 5.64. The Morgan fingerprint density at radius 1 is 1.26 bits per heavy atom. The normalized spacial score (nSPS) is 17.5. The van der Waals surface area contributed by atoms with Crippen LogP contribution >= 0.6 is 0 Å². The van der Waals surface area contributed by atoms with Crippen LogP contribution in [0.2, 0.25) is 0 Å². The molecule has 0 radical (unpaired) electrons. The molecule has 1 saturated heterocycles. The van der Waals surface area contributed by atoms with E-state index in [0.29, 0.717) is 0 Å². The van der Waals surface area contributed by atoms with Gasteiger partial charge in [-0.25, -0.2) is 0 Å². The van der Waals surface area contributed by atoms with Gasteiger partial charge >= 0.3 is 5.97 Å². The molecule has 3 heteroatoms. The molecule has 1 aromatic rings. The second-order valence-corrected chi connectivity index (χ2v) is 5.64. The zero-order valence-electron chi connectivity index (χ0n) is 11.6. The van der Waals surface area contributed by atoms with Crippen molar-refractivity contribution in [3.05, 3.63) is 35.4 Å². The average molecular weight is 261 g/mol. The van der Waals surface area contributed by atoms with Gasteiger partial charge in [0.2, 0.25) is 0 Å². The number of carbonyl (C=O) groups is 1. The lowest BCUT2D eigenvalue weighted by Crippen LogP contribution is -2.37. The predicted molar refractivity (Wildman–Crippen MR) is 76.3 cm³/mol. The van der Waals surface area contributed by atoms with Crippen molar-refractivity contribution in [3.63, 3.8) is 0 Å². The van der Waals surface area contributed by atoms with Crippen LogP contribution in [0.1, 0.15) is 30.4 Å². The molecule has 104 valence electrons. The number of hydrogen-bond donors (Lipinski definition) is 1. The molecular formula is C16H23NO2. The average Bonchev–Trinajstić information content (AvgIpc) is 2.39. The molecule has 3 nitrogen and oxygen atoms in total. The molecule has 1 aliphatic rings. The fraction of sp³-hybridized carbons (Fsp3) is 0.562. The van der Waals surface area contributed by atoms with Crippen molar-refractivity contribution in [2.24, 2.45) is 5.92 Å². The van der Waals surface area contributed by atoms with E-state index >= 15 is 0 Å². The third-order valence-electron chi connectivity index (χ3n) is 4.03. The Kier molecular flexibility index (Phi) is 4.97. The minimum atomic E-state index is -0.710. The van der Waals surface area contributed by atoms with E-state index < -0.39 is 5.97 Å². The number of aryl methyl sites for hydroxylation is 2. The molecule has 0 atom stereocenters. The van der Waals surface area contributed by atoms with Crippen molar-refractivity contribution in [3.8, 4) is 0 Å². The number of benzene rings is 1. The zero-order valence-corrected chi connectivity index (χ0v) is 11.6. The van der Waals surface area contributed by atoms with E-state index in [9.17, 15) is 4.79 Å². The highest BCUT2D eigenvalue weighted by atomic mass is 16.4. The lowest BCUT2D eigenvalue weighted by molar-refractivity contribution is -0.138. The second kappa shape index (κ2) is 6.71. The highest BCUT2D eigenvalue weighted by Crippen LogP contribution is 2.22. The summed E-state index contributed by atoms with van der Waals surface area (Å²) in [6.07, 6.45) is 4.64. The predicted octanol–water partition coefficient (Wildman–Crippen LogP) is 2.72. The molecule has 1 aliphatic heterocycles. The molecule has 19 heavy (non-hydrogen) atoms. The summed E-state index contributed by atoms with van der Waals surface area (Å²) in [6, 6.07) is 8.78. The molecule has 1 aromatic carbocycles. The van der Waals surface area contributed by atoms with E-state index in [0.717, 1.165) is 38.3 Å². The molecule has 0 spiro atoms. The lowest BCUT2D eigenvalue weighted by atomic mass is 9.90. The minimum absolute atomic E-state index is 0.199. The molecule has 0 unspecified atom stereocenters. The largest absolute Gasteiger partial charge is 0.480 e. The van der Waals surface area contributed by atoms with E-state index in [2.05, 4.69) is 31.2 Å². The molecule has 0 saturated carbocycles. The Balaban J connectivity index is 1.71. The smallest absolute Gasteiger partial charge is 0.317 e. The van der Waals surface area contributed by atoms with Crippen LogP contribution in [0.4, 0.5) is 0 Å². The van der Waals surface area contributed by atoms with Crippen LogP contribution in [0.3, 0.4) is 0 Å². The highest BCUT2D eigenvalue weighted by molar-refractivity contribution is 5.69. The van der Waals surface area contributed by atoms with Crippen LogP contribution < -0.4 is 0 Å². The Hall–Kier alpha value is -1.35. The van der Waals surface area contributed by atoms with Gasteiger partial charge in [-0.05, 0) is 57.2 Å². The van der Waals surface area contributed by atoms with Gasteiger partial charge in [-0.1, -0.05) is 29.8 Å². The van der Waals surface area contributed by atoms with Crippen LogP contribution in [-0.4, -0.2) is 35.6 Å². The first kappa shape index (κ1) is 14.1. The fourth-order valence-electron chi connectivity index (χ4n) is 2.75. The number of piperidine rings is 1. The van der Waals surface area contributed by atoms with Gasteiger partial charge in [0.1, 0.15) is 0 Å². The van der Waals surface area contributed by atoms with Crippen molar-refractivity contribution >= 4 is 5.97 Å². The first-order valence-electron chi connectivity index (χ1n) is 7.13. The van der Waals surface area contributed by atoms with Gasteiger partial charge in [-0.2, -0.15) is 0 Å². The summed E-state index contributed by atoms with van der Waals surface area (Å²) in [5, 5.41) is 8.76. The van der Waals surface area contributed by atoms with Crippen LogP contribution in [0, 0.1) is 12.8 Å². The third kappa shape index (κ3) is 4.67. The van der Waals surface area contributed by atoms with Gasteiger partial charge in [0.05, 0.1) is 6.54 Å². The standard InChI is InChI=1S/C16H23NO2/c1-13-2-4-14(5-3-13)6-7-15-8-10-17(11-9-15)12-16(18)19/h2-5,15H,6-12H2,1H3,(H,18,19). The van der Waals surface area contributed by atoms with Crippen molar-refractivity contribution in [2.45, 2.75) is 32.6 Å². The fourth-order valence-corrected chi connectivity index (χ4v) is 2.75. The Morgan fingerprint density at radius 2 is 1.89 bits per heavy atom. The van der Waals surface area contributed by atoms with E-state index in [1.54, 1.807) is 0 Å². The molecule has 0 aromatic heterocycles. The van der Waals surface area contributed by atoms with E-state index in [-0.39, 0.29) is 6.54 Å². The number of carboxylic acids is 1. The van der Waals surface area contributed by atoms with Gasteiger partial charge in [-0.3, -0.25) is 9.69 Å². The molecular weight excluding hydrogens is 238 g/mol. The molecule has 1 fully saturated rings. The number of likely N-dealkylation sites (tertiary alicyclic amines) is 1. The summed E-state index contributed by atoms with van der Waals surface area (Å²) in [5.74, 6) is 0.0458. The van der Waals surface area contributed by atoms with E-state index in [1.165, 1.54) is 17.5 Å². The van der Waals surface area contributed by atoms with Crippen molar-refractivity contribution in [1.82, 2.24) is 4.90 Å². The van der Waals surface area contributed by atoms with Crippen molar-refractivity contribution in [2.75, 3.05) is 19.6 Å². The maximum Gasteiger partial charge on any atom is 0.317 e. The molecule has 1 N–H and O–H groups in total. The number of carboxylic acid groups (broad SMARTS) is 1. The van der Waals surface area contributed by atoms with Gasteiger partial charge in [-0.15, -0.1) is 0 Å². The van der Waals surface area contributed by atoms with E-state index in [4.69, 9.17) is 5.11 Å². The summed E-state index contributed by atoms with van der Waals surface area (Å²) in [5.41, 5.74) is 2.73. The maximum absolute atomic E-state index is 10.6. The first-order valence-corrected chi connectivity index (χ1v) is 7.13. The quantitative estimate of drug-likeness (QED) is 0.886. The van der Waals surface area contributed by atoms with Crippen molar-refractivity contribution in [1.29, 1.82) is 0 Å². The SMILES string of the molecule is Cc1ccc(CCC2CCN(CC(=O)O)CC2)cc1. The number of nitrogens with zero attached hydrogens (tertiary/aromatic N) is 1. The topological polar surface area (TPSA) is 40.5 Å². The molecule has 0 bridgehead atoms. The van der Waals surface area contributed by atoms with Gasteiger partial charge in [0, 0.05) is 0 Å². The molecule has 0 amide bonds. The summed E-state index contributed by atoms with van der Waals surface area (Å²) < 4.78 is 0. The Bertz CT molecular complexity index is 405. The summed E-state index contributed by atoms with van der Waals surface area (Å²) in [6.45, 7) is 4.18. The lowest BCUT2D eigenvalue weighted by Gasteiger charge is -2.30. The number of rotatable bonds is 5. The van der Waals surface area contributed by atoms with Crippen LogP contribution in [0.5, 0.6) is 0 Å². The summed E-state index contributed by atoms with van der Waals surface area (Å²) in [7, 11) is 0. The van der Waals surface area contributed by atoms with Crippen LogP contribution in [0.15, 0.2) is 24.3 Å². The summed E-state index contributed by atoms with van der Waals surface area (Å²) in [4.78, 5) is 12.7. The molecule has 1 heterocycles. The van der Waals surface area contributed by atoms with E-state index in [1.807, 2.05) is 4.90 Å². The molecule has 0 aliphatic carbocycles. The number of aliphatic carboxylic acids is 1.